The van der Waals surface area contributed by atoms with E-state index in [0.717, 1.165) is 35.8 Å². The van der Waals surface area contributed by atoms with E-state index in [1.54, 1.807) is 0 Å². The molecule has 0 unspecified atom stereocenters. The number of piperidine rings is 1. The van der Waals surface area contributed by atoms with Crippen LogP contribution in [0.25, 0.3) is 11.0 Å². The summed E-state index contributed by atoms with van der Waals surface area (Å²) in [5.74, 6) is 0.769. The summed E-state index contributed by atoms with van der Waals surface area (Å²) in [7, 11) is 0. The fourth-order valence-corrected chi connectivity index (χ4v) is 3.07. The number of nitrogens with zero attached hydrogens (tertiary/aromatic N) is 2. The zero-order valence-corrected chi connectivity index (χ0v) is 11.3. The maximum atomic E-state index is 4.54. The molecular formula is C13H16BrN3. The Hall–Kier alpha value is -0.870. The Morgan fingerprint density at radius 3 is 2.88 bits per heavy atom. The Labute approximate surface area is 109 Å². The molecule has 0 spiro atoms. The summed E-state index contributed by atoms with van der Waals surface area (Å²) in [4.78, 5) is 4.54. The third-order valence-corrected chi connectivity index (χ3v) is 4.11. The quantitative estimate of drug-likeness (QED) is 0.923. The topological polar surface area (TPSA) is 29.9 Å². The van der Waals surface area contributed by atoms with E-state index in [0.29, 0.717) is 0 Å². The molecule has 1 aromatic heterocycles. The predicted molar refractivity (Wildman–Crippen MR) is 73.0 cm³/mol. The van der Waals surface area contributed by atoms with Crippen LogP contribution in [0.3, 0.4) is 0 Å². The number of para-hydroxylation sites is 2. The van der Waals surface area contributed by atoms with Gasteiger partial charge in [0.05, 0.1) is 11.0 Å². The highest BCUT2D eigenvalue weighted by atomic mass is 79.9. The highest BCUT2D eigenvalue weighted by Gasteiger charge is 2.16. The van der Waals surface area contributed by atoms with Gasteiger partial charge < -0.3 is 9.88 Å². The van der Waals surface area contributed by atoms with Crippen molar-refractivity contribution in [2.75, 3.05) is 13.1 Å². The monoisotopic (exact) mass is 293 g/mol. The van der Waals surface area contributed by atoms with Crippen LogP contribution in [0.5, 0.6) is 0 Å². The van der Waals surface area contributed by atoms with E-state index in [4.69, 9.17) is 0 Å². The van der Waals surface area contributed by atoms with Crippen molar-refractivity contribution in [1.82, 2.24) is 14.9 Å². The second-order valence-electron chi connectivity index (χ2n) is 4.67. The van der Waals surface area contributed by atoms with E-state index in [-0.39, 0.29) is 0 Å². The van der Waals surface area contributed by atoms with Crippen LogP contribution in [0.4, 0.5) is 0 Å². The summed E-state index contributed by atoms with van der Waals surface area (Å²) in [6.07, 6.45) is 2.53. The van der Waals surface area contributed by atoms with Crippen molar-refractivity contribution >= 4 is 27.0 Å². The second-order valence-corrected chi connectivity index (χ2v) is 5.38. The van der Waals surface area contributed by atoms with Crippen molar-refractivity contribution in [3.63, 3.8) is 0 Å². The van der Waals surface area contributed by atoms with Gasteiger partial charge in [-0.3, -0.25) is 0 Å². The molecular weight excluding hydrogens is 278 g/mol. The Balaban J connectivity index is 1.90. The highest BCUT2D eigenvalue weighted by Crippen LogP contribution is 2.23. The lowest BCUT2D eigenvalue weighted by molar-refractivity contribution is 0.334. The number of aromatic nitrogens is 2. The SMILES string of the molecule is Brc1nc2ccccc2n1CC1CCNCC1. The van der Waals surface area contributed by atoms with Crippen molar-refractivity contribution in [3.8, 4) is 0 Å². The molecule has 2 heterocycles. The first kappa shape index (κ1) is 11.2. The number of imidazole rings is 1. The molecule has 0 bridgehead atoms. The molecule has 1 aliphatic rings. The van der Waals surface area contributed by atoms with Crippen LogP contribution in [0.15, 0.2) is 29.0 Å². The molecule has 0 saturated carbocycles. The summed E-state index contributed by atoms with van der Waals surface area (Å²) < 4.78 is 3.25. The number of hydrogen-bond donors (Lipinski definition) is 1. The van der Waals surface area contributed by atoms with Gasteiger partial charge >= 0.3 is 0 Å². The van der Waals surface area contributed by atoms with Gasteiger partial charge in [0.25, 0.3) is 0 Å². The van der Waals surface area contributed by atoms with Crippen LogP contribution in [0.2, 0.25) is 0 Å². The predicted octanol–water partition coefficient (Wildman–Crippen LogP) is 2.80. The molecule has 90 valence electrons. The number of halogens is 1. The van der Waals surface area contributed by atoms with Crippen molar-refractivity contribution < 1.29 is 0 Å². The summed E-state index contributed by atoms with van der Waals surface area (Å²) in [6, 6.07) is 8.33. The van der Waals surface area contributed by atoms with Gasteiger partial charge in [-0.25, -0.2) is 4.98 Å². The minimum Gasteiger partial charge on any atom is -0.318 e. The molecule has 1 aliphatic heterocycles. The fraction of sp³-hybridized carbons (Fsp3) is 0.462. The number of fused-ring (bicyclic) bond motifs is 1. The average Bonchev–Trinajstić information content (AvgIpc) is 2.68. The lowest BCUT2D eigenvalue weighted by atomic mass is 9.98. The Morgan fingerprint density at radius 2 is 2.06 bits per heavy atom. The maximum Gasteiger partial charge on any atom is 0.178 e. The summed E-state index contributed by atoms with van der Waals surface area (Å²) in [6.45, 7) is 3.37. The largest absolute Gasteiger partial charge is 0.318 e. The van der Waals surface area contributed by atoms with Gasteiger partial charge in [0, 0.05) is 6.54 Å². The Bertz CT molecular complexity index is 514. The normalized spacial score (nSPS) is 17.7. The lowest BCUT2D eigenvalue weighted by Crippen LogP contribution is -2.29. The van der Waals surface area contributed by atoms with Gasteiger partial charge in [-0.05, 0) is 59.9 Å². The summed E-state index contributed by atoms with van der Waals surface area (Å²) in [5, 5.41) is 3.41. The smallest absolute Gasteiger partial charge is 0.178 e. The van der Waals surface area contributed by atoms with Crippen LogP contribution < -0.4 is 5.32 Å². The zero-order chi connectivity index (χ0) is 11.7. The minimum absolute atomic E-state index is 0.769. The standard InChI is InChI=1S/C13H16BrN3/c14-13-16-11-3-1-2-4-12(11)17(13)9-10-5-7-15-8-6-10/h1-4,10,15H,5-9H2. The number of benzene rings is 1. The zero-order valence-electron chi connectivity index (χ0n) is 9.69. The molecule has 4 heteroatoms. The maximum absolute atomic E-state index is 4.54. The Morgan fingerprint density at radius 1 is 1.29 bits per heavy atom. The lowest BCUT2D eigenvalue weighted by Gasteiger charge is -2.23. The number of rotatable bonds is 2. The molecule has 3 rings (SSSR count). The molecule has 17 heavy (non-hydrogen) atoms. The van der Waals surface area contributed by atoms with Crippen molar-refractivity contribution in [1.29, 1.82) is 0 Å². The van der Waals surface area contributed by atoms with E-state index >= 15 is 0 Å². The van der Waals surface area contributed by atoms with E-state index in [9.17, 15) is 0 Å². The third kappa shape index (κ3) is 2.24. The van der Waals surface area contributed by atoms with E-state index in [2.05, 4.69) is 49.0 Å². The van der Waals surface area contributed by atoms with Gasteiger partial charge in [-0.15, -0.1) is 0 Å². The summed E-state index contributed by atoms with van der Waals surface area (Å²) >= 11 is 3.57. The van der Waals surface area contributed by atoms with Crippen molar-refractivity contribution in [2.24, 2.45) is 5.92 Å². The van der Waals surface area contributed by atoms with Crippen LogP contribution in [-0.2, 0) is 6.54 Å². The van der Waals surface area contributed by atoms with Crippen LogP contribution in [0.1, 0.15) is 12.8 Å². The molecule has 0 radical (unpaired) electrons. The molecule has 0 aliphatic carbocycles. The molecule has 2 aromatic rings. The van der Waals surface area contributed by atoms with Crippen LogP contribution >= 0.6 is 15.9 Å². The van der Waals surface area contributed by atoms with Gasteiger partial charge in [0.15, 0.2) is 4.73 Å². The first-order chi connectivity index (χ1) is 8.34. The first-order valence-electron chi connectivity index (χ1n) is 6.16. The summed E-state index contributed by atoms with van der Waals surface area (Å²) in [5.41, 5.74) is 2.31. The molecule has 1 fully saturated rings. The number of nitrogens with one attached hydrogen (secondary N) is 1. The molecule has 0 atom stereocenters. The Kier molecular flexibility index (Phi) is 3.16. The number of hydrogen-bond acceptors (Lipinski definition) is 2. The van der Waals surface area contributed by atoms with Gasteiger partial charge in [-0.1, -0.05) is 12.1 Å². The molecule has 1 aromatic carbocycles. The van der Waals surface area contributed by atoms with Gasteiger partial charge in [0.1, 0.15) is 0 Å². The van der Waals surface area contributed by atoms with E-state index in [1.807, 2.05) is 6.07 Å². The van der Waals surface area contributed by atoms with Gasteiger partial charge in [-0.2, -0.15) is 0 Å². The van der Waals surface area contributed by atoms with Gasteiger partial charge in [0.2, 0.25) is 0 Å². The highest BCUT2D eigenvalue weighted by molar-refractivity contribution is 9.10. The van der Waals surface area contributed by atoms with E-state index < -0.39 is 0 Å². The second kappa shape index (κ2) is 4.78. The molecule has 1 saturated heterocycles. The van der Waals surface area contributed by atoms with Crippen LogP contribution in [-0.4, -0.2) is 22.6 Å². The first-order valence-corrected chi connectivity index (χ1v) is 6.95. The van der Waals surface area contributed by atoms with Crippen molar-refractivity contribution in [3.05, 3.63) is 29.0 Å². The minimum atomic E-state index is 0.769. The molecule has 3 nitrogen and oxygen atoms in total. The third-order valence-electron chi connectivity index (χ3n) is 3.51. The molecule has 1 N–H and O–H groups in total. The van der Waals surface area contributed by atoms with Crippen LogP contribution in [0, 0.1) is 5.92 Å². The van der Waals surface area contributed by atoms with Crippen molar-refractivity contribution in [2.45, 2.75) is 19.4 Å². The fourth-order valence-electron chi connectivity index (χ4n) is 2.54. The average molecular weight is 294 g/mol. The van der Waals surface area contributed by atoms with E-state index in [1.165, 1.54) is 18.4 Å². The molecule has 0 amide bonds.